The zero-order valence-corrected chi connectivity index (χ0v) is 13.8. The van der Waals surface area contributed by atoms with Gasteiger partial charge in [0.15, 0.2) is 0 Å². The van der Waals surface area contributed by atoms with Crippen LogP contribution >= 0.6 is 0 Å². The van der Waals surface area contributed by atoms with E-state index in [-0.39, 0.29) is 30.3 Å². The summed E-state index contributed by atoms with van der Waals surface area (Å²) in [4.78, 5) is 13.8. The molecular formula is C17H22F3NO3. The van der Waals surface area contributed by atoms with Gasteiger partial charge in [0.05, 0.1) is 12.7 Å². The Morgan fingerprint density at radius 1 is 1.38 bits per heavy atom. The van der Waals surface area contributed by atoms with Crippen molar-refractivity contribution >= 4 is 5.91 Å². The van der Waals surface area contributed by atoms with E-state index in [1.807, 2.05) is 13.8 Å². The van der Waals surface area contributed by atoms with Crippen LogP contribution in [0, 0.1) is 5.92 Å². The minimum Gasteiger partial charge on any atom is -0.406 e. The van der Waals surface area contributed by atoms with E-state index in [1.165, 1.54) is 18.2 Å². The molecule has 0 bridgehead atoms. The molecule has 1 atom stereocenters. The number of ether oxygens (including phenoxy) is 2. The van der Waals surface area contributed by atoms with Gasteiger partial charge >= 0.3 is 6.36 Å². The lowest BCUT2D eigenvalue weighted by Gasteiger charge is -2.33. The highest BCUT2D eigenvalue weighted by Crippen LogP contribution is 2.24. The van der Waals surface area contributed by atoms with Gasteiger partial charge in [-0.15, -0.1) is 13.2 Å². The van der Waals surface area contributed by atoms with Crippen molar-refractivity contribution in [3.63, 3.8) is 0 Å². The number of hydrogen-bond donors (Lipinski definition) is 0. The molecule has 1 aliphatic rings. The summed E-state index contributed by atoms with van der Waals surface area (Å²) < 4.78 is 46.4. The van der Waals surface area contributed by atoms with Gasteiger partial charge < -0.3 is 14.4 Å². The summed E-state index contributed by atoms with van der Waals surface area (Å²) in [5.41, 5.74) is 0.601. The van der Waals surface area contributed by atoms with E-state index in [1.54, 1.807) is 11.0 Å². The highest BCUT2D eigenvalue weighted by Gasteiger charge is 2.31. The molecule has 1 heterocycles. The molecule has 0 N–H and O–H groups in total. The Balaban J connectivity index is 1.89. The van der Waals surface area contributed by atoms with Crippen molar-refractivity contribution in [3.8, 4) is 5.75 Å². The molecule has 4 nitrogen and oxygen atoms in total. The third-order valence-corrected chi connectivity index (χ3v) is 3.80. The summed E-state index contributed by atoms with van der Waals surface area (Å²) in [7, 11) is 0. The highest BCUT2D eigenvalue weighted by molar-refractivity contribution is 5.78. The number of rotatable bonds is 5. The molecule has 1 aromatic rings. The summed E-state index contributed by atoms with van der Waals surface area (Å²) >= 11 is 0. The Labute approximate surface area is 139 Å². The Bertz CT molecular complexity index is 560. The molecule has 1 aromatic carbocycles. The second kappa shape index (κ2) is 7.88. The first-order chi connectivity index (χ1) is 11.2. The normalized spacial score (nSPS) is 18.8. The molecule has 1 fully saturated rings. The lowest BCUT2D eigenvalue weighted by Crippen LogP contribution is -2.44. The minimum atomic E-state index is -4.71. The monoisotopic (exact) mass is 345 g/mol. The van der Waals surface area contributed by atoms with Crippen LogP contribution < -0.4 is 4.74 Å². The highest BCUT2D eigenvalue weighted by atomic mass is 19.4. The molecule has 1 amide bonds. The van der Waals surface area contributed by atoms with Crippen LogP contribution in [0.3, 0.4) is 0 Å². The summed E-state index contributed by atoms with van der Waals surface area (Å²) in [5, 5.41) is 0. The van der Waals surface area contributed by atoms with E-state index in [4.69, 9.17) is 4.74 Å². The van der Waals surface area contributed by atoms with Crippen LogP contribution in [0.2, 0.25) is 0 Å². The maximum Gasteiger partial charge on any atom is 0.573 e. The first kappa shape index (κ1) is 18.6. The van der Waals surface area contributed by atoms with Crippen LogP contribution in [0.15, 0.2) is 24.3 Å². The predicted molar refractivity (Wildman–Crippen MR) is 82.4 cm³/mol. The van der Waals surface area contributed by atoms with Crippen molar-refractivity contribution < 1.29 is 27.4 Å². The summed E-state index contributed by atoms with van der Waals surface area (Å²) in [5.74, 6) is -0.215. The van der Waals surface area contributed by atoms with Crippen LogP contribution in [0.5, 0.6) is 5.75 Å². The smallest absolute Gasteiger partial charge is 0.406 e. The number of hydrogen-bond acceptors (Lipinski definition) is 3. The maximum atomic E-state index is 12.2. The summed E-state index contributed by atoms with van der Waals surface area (Å²) in [6.07, 6.45) is -3.12. The van der Waals surface area contributed by atoms with Crippen LogP contribution in [-0.4, -0.2) is 36.4 Å². The van der Waals surface area contributed by atoms with E-state index < -0.39 is 6.36 Å². The average molecular weight is 345 g/mol. The van der Waals surface area contributed by atoms with Crippen LogP contribution in [-0.2, 0) is 16.1 Å². The molecule has 0 spiro atoms. The van der Waals surface area contributed by atoms with Gasteiger partial charge in [0.1, 0.15) is 5.75 Å². The molecule has 0 aromatic heterocycles. The second-order valence-electron chi connectivity index (χ2n) is 6.21. The fourth-order valence-electron chi connectivity index (χ4n) is 2.69. The van der Waals surface area contributed by atoms with E-state index >= 15 is 0 Å². The molecule has 1 aliphatic heterocycles. The fraction of sp³-hybridized carbons (Fsp3) is 0.588. The van der Waals surface area contributed by atoms with Crippen molar-refractivity contribution in [1.29, 1.82) is 0 Å². The molecule has 2 rings (SSSR count). The number of piperidine rings is 1. The summed E-state index contributed by atoms with van der Waals surface area (Å²) in [6, 6.07) is 5.74. The minimum absolute atomic E-state index is 0.0556. The molecule has 1 saturated heterocycles. The molecule has 7 heteroatoms. The topological polar surface area (TPSA) is 38.8 Å². The number of nitrogens with zero attached hydrogens (tertiary/aromatic N) is 1. The number of amides is 1. The Morgan fingerprint density at radius 3 is 2.79 bits per heavy atom. The van der Waals surface area contributed by atoms with Gasteiger partial charge in [-0.2, -0.15) is 0 Å². The second-order valence-corrected chi connectivity index (χ2v) is 6.21. The van der Waals surface area contributed by atoms with Gasteiger partial charge in [-0.1, -0.05) is 26.0 Å². The number of alkyl halides is 3. The molecule has 1 unspecified atom stereocenters. The summed E-state index contributed by atoms with van der Waals surface area (Å²) in [6.45, 7) is 5.16. The number of carbonyl (C=O) groups is 1. The molecular weight excluding hydrogens is 323 g/mol. The zero-order chi connectivity index (χ0) is 17.7. The molecule has 24 heavy (non-hydrogen) atoms. The fourth-order valence-corrected chi connectivity index (χ4v) is 2.69. The van der Waals surface area contributed by atoms with Gasteiger partial charge in [0.2, 0.25) is 5.91 Å². The third kappa shape index (κ3) is 5.70. The number of carbonyl (C=O) groups excluding carboxylic acids is 1. The first-order valence-corrected chi connectivity index (χ1v) is 7.99. The van der Waals surface area contributed by atoms with Crippen molar-refractivity contribution in [2.24, 2.45) is 5.92 Å². The third-order valence-electron chi connectivity index (χ3n) is 3.80. The van der Waals surface area contributed by atoms with Crippen LogP contribution in [0.1, 0.15) is 32.3 Å². The Kier molecular flexibility index (Phi) is 6.10. The largest absolute Gasteiger partial charge is 0.573 e. The van der Waals surface area contributed by atoms with Gasteiger partial charge in [-0.3, -0.25) is 4.79 Å². The predicted octanol–water partition coefficient (Wildman–Crippen LogP) is 3.75. The zero-order valence-electron chi connectivity index (χ0n) is 13.8. The molecule has 0 radical (unpaired) electrons. The van der Waals surface area contributed by atoms with Crippen LogP contribution in [0.4, 0.5) is 13.2 Å². The van der Waals surface area contributed by atoms with Gasteiger partial charge in [0.25, 0.3) is 0 Å². The number of halogens is 3. The van der Waals surface area contributed by atoms with Crippen LogP contribution in [0.25, 0.3) is 0 Å². The molecule has 0 aliphatic carbocycles. The first-order valence-electron chi connectivity index (χ1n) is 7.99. The Hall–Kier alpha value is -1.76. The Morgan fingerprint density at radius 2 is 2.12 bits per heavy atom. The van der Waals surface area contributed by atoms with Gasteiger partial charge in [0, 0.05) is 19.0 Å². The quantitative estimate of drug-likeness (QED) is 0.816. The van der Waals surface area contributed by atoms with Crippen molar-refractivity contribution in [1.82, 2.24) is 4.90 Å². The maximum absolute atomic E-state index is 12.2. The molecule has 134 valence electrons. The van der Waals surface area contributed by atoms with E-state index in [0.29, 0.717) is 12.1 Å². The van der Waals surface area contributed by atoms with Crippen molar-refractivity contribution in [3.05, 3.63) is 29.8 Å². The SMILES string of the molecule is CC(C)C(=O)N1CCCC(OCc2cccc(OC(F)(F)F)c2)C1. The average Bonchev–Trinajstić information content (AvgIpc) is 2.51. The lowest BCUT2D eigenvalue weighted by molar-refractivity contribution is -0.274. The van der Waals surface area contributed by atoms with Crippen molar-refractivity contribution in [2.45, 2.75) is 45.8 Å². The lowest BCUT2D eigenvalue weighted by atomic mass is 10.1. The van der Waals surface area contributed by atoms with Gasteiger partial charge in [-0.05, 0) is 30.5 Å². The van der Waals surface area contributed by atoms with E-state index in [9.17, 15) is 18.0 Å². The van der Waals surface area contributed by atoms with E-state index in [2.05, 4.69) is 4.74 Å². The molecule has 0 saturated carbocycles. The number of likely N-dealkylation sites (tertiary alicyclic amines) is 1. The van der Waals surface area contributed by atoms with Crippen molar-refractivity contribution in [2.75, 3.05) is 13.1 Å². The van der Waals surface area contributed by atoms with Gasteiger partial charge in [-0.25, -0.2) is 0 Å². The number of benzene rings is 1. The standard InChI is InChI=1S/C17H22F3NO3/c1-12(2)16(22)21-8-4-7-15(10-21)23-11-13-5-3-6-14(9-13)24-17(18,19)20/h3,5-6,9,12,15H,4,7-8,10-11H2,1-2H3. The van der Waals surface area contributed by atoms with E-state index in [0.717, 1.165) is 19.4 Å².